The van der Waals surface area contributed by atoms with E-state index in [1.165, 1.54) is 12.1 Å². The Morgan fingerprint density at radius 1 is 1.13 bits per heavy atom. The van der Waals surface area contributed by atoms with Gasteiger partial charge in [0.1, 0.15) is 23.8 Å². The van der Waals surface area contributed by atoms with Crippen molar-refractivity contribution < 1.29 is 23.5 Å². The summed E-state index contributed by atoms with van der Waals surface area (Å²) in [6.07, 6.45) is 0.245. The second-order valence-electron chi connectivity index (χ2n) is 8.69. The van der Waals surface area contributed by atoms with E-state index in [-0.39, 0.29) is 30.3 Å². The van der Waals surface area contributed by atoms with E-state index in [1.54, 1.807) is 17.0 Å². The van der Waals surface area contributed by atoms with Gasteiger partial charge in [-0.05, 0) is 62.6 Å². The number of hydrogen-bond donors (Lipinski definition) is 1. The first-order valence-electron chi connectivity index (χ1n) is 10.4. The molecule has 6 nitrogen and oxygen atoms in total. The molecule has 1 aliphatic rings. The standard InChI is InChI=1S/C24H29FN2O4/c1-24(2,3)31-23(29)27-12-11-19(15-27)22(28)26-14-17-7-9-21(10-8-17)30-16-18-5-4-6-20(25)13-18/h4-10,13,19H,11-12,14-16H2,1-3H3,(H,26,28)/t19-/m0/s1. The third-order valence-electron chi connectivity index (χ3n) is 4.90. The molecule has 1 atom stereocenters. The Labute approximate surface area is 182 Å². The molecule has 0 bridgehead atoms. The molecule has 1 fully saturated rings. The van der Waals surface area contributed by atoms with Crippen LogP contribution in [0.1, 0.15) is 38.3 Å². The maximum Gasteiger partial charge on any atom is 0.410 e. The topological polar surface area (TPSA) is 67.9 Å². The summed E-state index contributed by atoms with van der Waals surface area (Å²) in [5, 5.41) is 2.93. The number of likely N-dealkylation sites (tertiary alicyclic amines) is 1. The Morgan fingerprint density at radius 3 is 2.55 bits per heavy atom. The number of rotatable bonds is 6. The fourth-order valence-corrected chi connectivity index (χ4v) is 3.30. The van der Waals surface area contributed by atoms with Crippen molar-refractivity contribution in [1.82, 2.24) is 10.2 Å². The molecule has 1 heterocycles. The first kappa shape index (κ1) is 22.6. The number of ether oxygens (including phenoxy) is 2. The van der Waals surface area contributed by atoms with E-state index < -0.39 is 5.60 Å². The van der Waals surface area contributed by atoms with E-state index in [0.717, 1.165) is 11.1 Å². The van der Waals surface area contributed by atoms with Crippen LogP contribution in [0.4, 0.5) is 9.18 Å². The summed E-state index contributed by atoms with van der Waals surface area (Å²) in [5.74, 6) is 0.0747. The van der Waals surface area contributed by atoms with Crippen LogP contribution in [0.2, 0.25) is 0 Å². The summed E-state index contributed by atoms with van der Waals surface area (Å²) in [6, 6.07) is 13.7. The maximum atomic E-state index is 13.2. The summed E-state index contributed by atoms with van der Waals surface area (Å²) in [5.41, 5.74) is 1.15. The quantitative estimate of drug-likeness (QED) is 0.746. The van der Waals surface area contributed by atoms with Gasteiger partial charge in [0, 0.05) is 19.6 Å². The lowest BCUT2D eigenvalue weighted by Crippen LogP contribution is -2.37. The van der Waals surface area contributed by atoms with Crippen LogP contribution in [0, 0.1) is 11.7 Å². The van der Waals surface area contributed by atoms with Gasteiger partial charge in [-0.1, -0.05) is 24.3 Å². The molecular weight excluding hydrogens is 399 g/mol. The molecule has 1 N–H and O–H groups in total. The zero-order chi connectivity index (χ0) is 22.4. The second-order valence-corrected chi connectivity index (χ2v) is 8.69. The van der Waals surface area contributed by atoms with Crippen LogP contribution in [-0.4, -0.2) is 35.6 Å². The Morgan fingerprint density at radius 2 is 1.87 bits per heavy atom. The molecule has 0 aromatic heterocycles. The lowest BCUT2D eigenvalue weighted by Gasteiger charge is -2.24. The van der Waals surface area contributed by atoms with Crippen LogP contribution in [0.5, 0.6) is 5.75 Å². The highest BCUT2D eigenvalue weighted by Gasteiger charge is 2.33. The van der Waals surface area contributed by atoms with Crippen molar-refractivity contribution in [2.75, 3.05) is 13.1 Å². The molecule has 0 unspecified atom stereocenters. The van der Waals surface area contributed by atoms with Crippen LogP contribution < -0.4 is 10.1 Å². The summed E-state index contributed by atoms with van der Waals surface area (Å²) >= 11 is 0. The van der Waals surface area contributed by atoms with Crippen molar-refractivity contribution in [3.05, 3.63) is 65.5 Å². The van der Waals surface area contributed by atoms with Gasteiger partial charge in [0.15, 0.2) is 0 Å². The minimum atomic E-state index is -0.551. The second kappa shape index (κ2) is 9.81. The average molecular weight is 429 g/mol. The Balaban J connectivity index is 1.42. The molecule has 1 aliphatic heterocycles. The number of carbonyl (C=O) groups is 2. The van der Waals surface area contributed by atoms with E-state index in [0.29, 0.717) is 31.8 Å². The van der Waals surface area contributed by atoms with Gasteiger partial charge in [0.25, 0.3) is 0 Å². The van der Waals surface area contributed by atoms with Gasteiger partial charge in [0.05, 0.1) is 5.92 Å². The molecule has 31 heavy (non-hydrogen) atoms. The summed E-state index contributed by atoms with van der Waals surface area (Å²) in [6.45, 7) is 7.03. The number of halogens is 1. The molecule has 7 heteroatoms. The molecule has 2 aromatic carbocycles. The van der Waals surface area contributed by atoms with E-state index >= 15 is 0 Å². The van der Waals surface area contributed by atoms with Crippen molar-refractivity contribution in [3.8, 4) is 5.75 Å². The minimum Gasteiger partial charge on any atom is -0.489 e. The van der Waals surface area contributed by atoms with Gasteiger partial charge < -0.3 is 19.7 Å². The van der Waals surface area contributed by atoms with Crippen molar-refractivity contribution in [2.45, 2.75) is 45.9 Å². The van der Waals surface area contributed by atoms with E-state index in [1.807, 2.05) is 45.0 Å². The van der Waals surface area contributed by atoms with Gasteiger partial charge >= 0.3 is 6.09 Å². The zero-order valence-corrected chi connectivity index (χ0v) is 18.2. The normalized spacial score (nSPS) is 16.1. The predicted molar refractivity (Wildman–Crippen MR) is 115 cm³/mol. The maximum absolute atomic E-state index is 13.2. The van der Waals surface area contributed by atoms with Crippen molar-refractivity contribution >= 4 is 12.0 Å². The third kappa shape index (κ3) is 6.98. The lowest BCUT2D eigenvalue weighted by molar-refractivity contribution is -0.124. The fourth-order valence-electron chi connectivity index (χ4n) is 3.30. The van der Waals surface area contributed by atoms with Gasteiger partial charge in [-0.3, -0.25) is 4.79 Å². The molecule has 166 valence electrons. The number of nitrogens with zero attached hydrogens (tertiary/aromatic N) is 1. The molecular formula is C24H29FN2O4. The van der Waals surface area contributed by atoms with Crippen molar-refractivity contribution in [1.29, 1.82) is 0 Å². The van der Waals surface area contributed by atoms with E-state index in [9.17, 15) is 14.0 Å². The molecule has 1 saturated heterocycles. The fraction of sp³-hybridized carbons (Fsp3) is 0.417. The number of hydrogen-bond acceptors (Lipinski definition) is 4. The van der Waals surface area contributed by atoms with Gasteiger partial charge in [-0.25, -0.2) is 9.18 Å². The summed E-state index contributed by atoms with van der Waals surface area (Å²) in [4.78, 5) is 26.2. The van der Waals surface area contributed by atoms with Gasteiger partial charge in [-0.15, -0.1) is 0 Å². The molecule has 0 radical (unpaired) electrons. The van der Waals surface area contributed by atoms with Gasteiger partial charge in [-0.2, -0.15) is 0 Å². The highest BCUT2D eigenvalue weighted by Crippen LogP contribution is 2.20. The van der Waals surface area contributed by atoms with E-state index in [4.69, 9.17) is 9.47 Å². The van der Waals surface area contributed by atoms with Crippen LogP contribution in [0.15, 0.2) is 48.5 Å². The first-order valence-corrected chi connectivity index (χ1v) is 10.4. The van der Waals surface area contributed by atoms with Crippen LogP contribution in [-0.2, 0) is 22.7 Å². The average Bonchev–Trinajstić information content (AvgIpc) is 3.21. The molecule has 2 aromatic rings. The Bertz CT molecular complexity index is 909. The SMILES string of the molecule is CC(C)(C)OC(=O)N1CC[C@H](C(=O)NCc2ccc(OCc3cccc(F)c3)cc2)C1. The number of carbonyl (C=O) groups excluding carboxylic acids is 2. The molecule has 0 spiro atoms. The van der Waals surface area contributed by atoms with Crippen molar-refractivity contribution in [3.63, 3.8) is 0 Å². The smallest absolute Gasteiger partial charge is 0.410 e. The lowest BCUT2D eigenvalue weighted by atomic mass is 10.1. The molecule has 2 amide bonds. The number of nitrogens with one attached hydrogen (secondary N) is 1. The largest absolute Gasteiger partial charge is 0.489 e. The molecule has 3 rings (SSSR count). The number of benzene rings is 2. The summed E-state index contributed by atoms with van der Waals surface area (Å²) in [7, 11) is 0. The van der Waals surface area contributed by atoms with E-state index in [2.05, 4.69) is 5.32 Å². The minimum absolute atomic E-state index is 0.0718. The highest BCUT2D eigenvalue weighted by molar-refractivity contribution is 5.80. The van der Waals surface area contributed by atoms with Crippen molar-refractivity contribution in [2.24, 2.45) is 5.92 Å². The highest BCUT2D eigenvalue weighted by atomic mass is 19.1. The Kier molecular flexibility index (Phi) is 7.15. The summed E-state index contributed by atoms with van der Waals surface area (Å²) < 4.78 is 24.3. The van der Waals surface area contributed by atoms with Crippen LogP contribution in [0.25, 0.3) is 0 Å². The molecule has 0 aliphatic carbocycles. The Hall–Kier alpha value is -3.09. The number of amides is 2. The van der Waals surface area contributed by atoms with Crippen LogP contribution >= 0.6 is 0 Å². The predicted octanol–water partition coefficient (Wildman–Crippen LogP) is 4.28. The zero-order valence-electron chi connectivity index (χ0n) is 18.2. The van der Waals surface area contributed by atoms with Crippen LogP contribution in [0.3, 0.4) is 0 Å². The first-order chi connectivity index (χ1) is 14.7. The third-order valence-corrected chi connectivity index (χ3v) is 4.90. The molecule has 0 saturated carbocycles. The van der Waals surface area contributed by atoms with Gasteiger partial charge in [0.2, 0.25) is 5.91 Å². The monoisotopic (exact) mass is 428 g/mol.